The molecular weight excluding hydrogens is 330 g/mol. The molecule has 3 heteroatoms. The van der Waals surface area contributed by atoms with Crippen LogP contribution in [-0.4, -0.2) is 11.7 Å². The molecular formula is C23H44F2O. The van der Waals surface area contributed by atoms with Crippen molar-refractivity contribution in [2.45, 2.75) is 113 Å². The van der Waals surface area contributed by atoms with Gasteiger partial charge >= 0.3 is 0 Å². The van der Waals surface area contributed by atoms with Crippen LogP contribution >= 0.6 is 0 Å². The molecule has 1 unspecified atom stereocenters. The molecule has 1 aliphatic carbocycles. The van der Waals surface area contributed by atoms with E-state index in [1.165, 1.54) is 19.8 Å². The summed E-state index contributed by atoms with van der Waals surface area (Å²) in [5, 5.41) is 0. The van der Waals surface area contributed by atoms with Gasteiger partial charge in [-0.05, 0) is 55.7 Å². The predicted molar refractivity (Wildman–Crippen MR) is 113 cm³/mol. The van der Waals surface area contributed by atoms with Crippen molar-refractivity contribution in [2.24, 2.45) is 5.92 Å². The fourth-order valence-corrected chi connectivity index (χ4v) is 2.26. The van der Waals surface area contributed by atoms with Gasteiger partial charge in [-0.25, -0.2) is 8.78 Å². The fraction of sp³-hybridized carbons (Fsp3) is 0.783. The van der Waals surface area contributed by atoms with E-state index in [0.29, 0.717) is 12.3 Å². The summed E-state index contributed by atoms with van der Waals surface area (Å²) in [6, 6.07) is 0. The Balaban J connectivity index is -0.000000398. The maximum absolute atomic E-state index is 13.2. The smallest absolute Gasteiger partial charge is 0.266 e. The Labute approximate surface area is 162 Å². The molecule has 0 aromatic rings. The number of hydrogen-bond donors (Lipinski definition) is 0. The lowest BCUT2D eigenvalue weighted by Crippen LogP contribution is -2.13. The van der Waals surface area contributed by atoms with Crippen molar-refractivity contribution < 1.29 is 13.6 Å². The third kappa shape index (κ3) is 14.2. The Bertz CT molecular complexity index is 401. The summed E-state index contributed by atoms with van der Waals surface area (Å²) in [7, 11) is 0. The Hall–Kier alpha value is -0.990. The average Bonchev–Trinajstić information content (AvgIpc) is 2.97. The van der Waals surface area contributed by atoms with E-state index in [2.05, 4.69) is 27.4 Å². The number of carbonyl (C=O) groups is 1. The molecule has 26 heavy (non-hydrogen) atoms. The van der Waals surface area contributed by atoms with E-state index in [-0.39, 0.29) is 11.4 Å². The van der Waals surface area contributed by atoms with Crippen molar-refractivity contribution in [2.75, 3.05) is 0 Å². The van der Waals surface area contributed by atoms with Gasteiger partial charge in [0.25, 0.3) is 5.92 Å². The second kappa shape index (κ2) is 17.4. The molecule has 1 aliphatic rings. The number of halogens is 2. The third-order valence-corrected chi connectivity index (χ3v) is 4.37. The molecule has 156 valence electrons. The summed E-state index contributed by atoms with van der Waals surface area (Å²) in [6.07, 6.45) is 7.25. The first-order valence-corrected chi connectivity index (χ1v) is 10.3. The number of ketones is 1. The summed E-state index contributed by atoms with van der Waals surface area (Å²) in [6.45, 7) is 20.4. The van der Waals surface area contributed by atoms with E-state index in [0.717, 1.165) is 43.8 Å². The minimum Gasteiger partial charge on any atom is -0.300 e. The monoisotopic (exact) mass is 374 g/mol. The van der Waals surface area contributed by atoms with Crippen LogP contribution in [0.15, 0.2) is 23.3 Å². The lowest BCUT2D eigenvalue weighted by Gasteiger charge is -2.16. The zero-order chi connectivity index (χ0) is 21.3. The van der Waals surface area contributed by atoms with E-state index in [4.69, 9.17) is 0 Å². The van der Waals surface area contributed by atoms with Crippen LogP contribution in [0, 0.1) is 5.92 Å². The van der Waals surface area contributed by atoms with Crippen LogP contribution in [0.4, 0.5) is 8.78 Å². The van der Waals surface area contributed by atoms with Gasteiger partial charge in [-0.15, -0.1) is 0 Å². The normalized spacial score (nSPS) is 17.8. The summed E-state index contributed by atoms with van der Waals surface area (Å²) >= 11 is 0. The second-order valence-electron chi connectivity index (χ2n) is 6.60. The van der Waals surface area contributed by atoms with Gasteiger partial charge in [-0.1, -0.05) is 67.4 Å². The number of Topliss-reactive ketones (excluding diaryl/α,β-unsaturated/α-hetero) is 1. The second-order valence-corrected chi connectivity index (χ2v) is 6.60. The molecule has 1 saturated carbocycles. The van der Waals surface area contributed by atoms with Crippen LogP contribution < -0.4 is 0 Å². The highest BCUT2D eigenvalue weighted by Gasteiger charge is 2.32. The van der Waals surface area contributed by atoms with Crippen molar-refractivity contribution >= 4 is 5.78 Å². The van der Waals surface area contributed by atoms with Crippen LogP contribution in [0.3, 0.4) is 0 Å². The van der Waals surface area contributed by atoms with Crippen LogP contribution in [0.5, 0.6) is 0 Å². The zero-order valence-corrected chi connectivity index (χ0v) is 18.9. The van der Waals surface area contributed by atoms with Crippen LogP contribution in [0.1, 0.15) is 107 Å². The minimum atomic E-state index is -2.70. The molecule has 0 saturated heterocycles. The number of hydrogen-bond acceptors (Lipinski definition) is 1. The summed E-state index contributed by atoms with van der Waals surface area (Å²) < 4.78 is 26.3. The zero-order valence-electron chi connectivity index (χ0n) is 18.9. The Morgan fingerprint density at radius 3 is 1.77 bits per heavy atom. The van der Waals surface area contributed by atoms with Gasteiger partial charge in [-0.3, -0.25) is 0 Å². The number of unbranched alkanes of at least 4 members (excludes halogenated alkanes) is 1. The number of carbonyl (C=O) groups excluding carboxylic acids is 1. The summed E-state index contributed by atoms with van der Waals surface area (Å²) in [5.74, 6) is -2.01. The highest BCUT2D eigenvalue weighted by atomic mass is 19.3. The largest absolute Gasteiger partial charge is 0.300 e. The highest BCUT2D eigenvalue weighted by Crippen LogP contribution is 2.42. The lowest BCUT2D eigenvalue weighted by atomic mass is 9.94. The summed E-state index contributed by atoms with van der Waals surface area (Å²) in [4.78, 5) is 9.81. The van der Waals surface area contributed by atoms with E-state index < -0.39 is 5.92 Å². The predicted octanol–water partition coefficient (Wildman–Crippen LogP) is 8.54. The molecule has 0 aromatic heterocycles. The van der Waals surface area contributed by atoms with Gasteiger partial charge < -0.3 is 4.79 Å². The molecule has 0 spiro atoms. The topological polar surface area (TPSA) is 17.1 Å². The highest BCUT2D eigenvalue weighted by molar-refractivity contribution is 5.74. The first-order chi connectivity index (χ1) is 12.1. The van der Waals surface area contributed by atoms with Gasteiger partial charge in [0.15, 0.2) is 0 Å². The molecule has 1 rings (SSSR count). The molecule has 1 fully saturated rings. The lowest BCUT2D eigenvalue weighted by molar-refractivity contribution is -0.116. The van der Waals surface area contributed by atoms with E-state index in [1.54, 1.807) is 6.92 Å². The molecule has 0 heterocycles. The van der Waals surface area contributed by atoms with Crippen molar-refractivity contribution in [1.82, 2.24) is 0 Å². The third-order valence-electron chi connectivity index (χ3n) is 4.37. The first kappa shape index (κ1) is 29.8. The molecule has 1 nitrogen and oxygen atoms in total. The summed E-state index contributed by atoms with van der Waals surface area (Å²) in [5.41, 5.74) is 1.99. The maximum Gasteiger partial charge on any atom is 0.266 e. The van der Waals surface area contributed by atoms with Gasteiger partial charge in [0.1, 0.15) is 5.78 Å². The van der Waals surface area contributed by atoms with Gasteiger partial charge in [0.2, 0.25) is 0 Å². The van der Waals surface area contributed by atoms with Gasteiger partial charge in [0, 0.05) is 13.3 Å². The van der Waals surface area contributed by atoms with Crippen molar-refractivity contribution in [3.05, 3.63) is 23.3 Å². The average molecular weight is 375 g/mol. The Morgan fingerprint density at radius 1 is 1.08 bits per heavy atom. The molecule has 1 atom stereocenters. The van der Waals surface area contributed by atoms with Crippen LogP contribution in [0.2, 0.25) is 0 Å². The molecule has 0 bridgehead atoms. The van der Waals surface area contributed by atoms with Crippen LogP contribution in [-0.2, 0) is 4.79 Å². The standard InChI is InChI=1S/C13H20F2.C4H8O.C4H10.C2H6/c1-5-6-11-7-8-12(9(11)2)10(3)13(4,14)15;1-3-4(2)5;1-3-4-2;1-2/h11H,2,5-8H2,1,3-4H3;3H2,1-2H3;3-4H2,1-2H3;1-2H3/b12-10+;;;. The van der Waals surface area contributed by atoms with E-state index in [9.17, 15) is 13.6 Å². The molecule has 0 aromatic carbocycles. The molecule has 0 radical (unpaired) electrons. The number of allylic oxidation sites excluding steroid dienone is 3. The van der Waals surface area contributed by atoms with Crippen molar-refractivity contribution in [3.8, 4) is 0 Å². The molecule has 0 amide bonds. The van der Waals surface area contributed by atoms with Gasteiger partial charge in [0.05, 0.1) is 0 Å². The fourth-order valence-electron chi connectivity index (χ4n) is 2.26. The van der Waals surface area contributed by atoms with Crippen molar-refractivity contribution in [3.63, 3.8) is 0 Å². The number of alkyl halides is 2. The van der Waals surface area contributed by atoms with Gasteiger partial charge in [-0.2, -0.15) is 0 Å². The Kier molecular flexibility index (Phi) is 19.9. The van der Waals surface area contributed by atoms with Crippen molar-refractivity contribution in [1.29, 1.82) is 0 Å². The van der Waals surface area contributed by atoms with Crippen LogP contribution in [0.25, 0.3) is 0 Å². The Morgan fingerprint density at radius 2 is 1.50 bits per heavy atom. The number of rotatable bonds is 5. The van der Waals surface area contributed by atoms with E-state index >= 15 is 0 Å². The molecule has 0 aliphatic heterocycles. The van der Waals surface area contributed by atoms with E-state index in [1.807, 2.05) is 20.8 Å². The maximum atomic E-state index is 13.2. The SMILES string of the molecule is C=C1/C(=C(\C)C(C)(F)F)CCC1CCC.CC.CCC(C)=O.CCCC. The minimum absolute atomic E-state index is 0.214. The first-order valence-electron chi connectivity index (χ1n) is 10.3. The molecule has 0 N–H and O–H groups in total. The quantitative estimate of drug-likeness (QED) is 0.471.